The van der Waals surface area contributed by atoms with E-state index in [0.717, 1.165) is 25.2 Å². The molecule has 3 rings (SSSR count). The Morgan fingerprint density at radius 3 is 2.40 bits per heavy atom. The molecule has 25 heavy (non-hydrogen) atoms. The van der Waals surface area contributed by atoms with Crippen LogP contribution in [0.15, 0.2) is 54.6 Å². The summed E-state index contributed by atoms with van der Waals surface area (Å²) in [7, 11) is 0. The number of Topliss-reactive ketones (excluding diaryl/α,β-unsaturated/α-hetero) is 1. The predicted molar refractivity (Wildman–Crippen MR) is 99.9 cm³/mol. The molecule has 4 nitrogen and oxygen atoms in total. The Balaban J connectivity index is 1.58. The van der Waals surface area contributed by atoms with E-state index in [2.05, 4.69) is 34.5 Å². The van der Waals surface area contributed by atoms with Gasteiger partial charge in [0.25, 0.3) is 0 Å². The van der Waals surface area contributed by atoms with E-state index in [9.17, 15) is 9.59 Å². The third kappa shape index (κ3) is 4.15. The standard InChI is InChI=1S/C21H24N2O2/c1-15(21(25)22-20-10-8-17(9-11-20)16(2)24)23-13-12-19(14-23)18-6-4-3-5-7-18/h3-11,15,19H,12-14H2,1-2H3,(H,22,25)/t15-,19-/m1/s1. The number of ketones is 1. The summed E-state index contributed by atoms with van der Waals surface area (Å²) in [4.78, 5) is 26.1. The van der Waals surface area contributed by atoms with Crippen LogP contribution in [0.3, 0.4) is 0 Å². The fourth-order valence-corrected chi connectivity index (χ4v) is 3.34. The Hall–Kier alpha value is -2.46. The SMILES string of the molecule is CC(=O)c1ccc(NC(=O)[C@@H](C)N2CC[C@@H](c3ccccc3)C2)cc1. The van der Waals surface area contributed by atoms with E-state index in [4.69, 9.17) is 0 Å². The van der Waals surface area contributed by atoms with Crippen molar-refractivity contribution in [2.45, 2.75) is 32.2 Å². The minimum absolute atomic E-state index is 0.00992. The molecular weight excluding hydrogens is 312 g/mol. The molecule has 0 saturated carbocycles. The van der Waals surface area contributed by atoms with Gasteiger partial charge in [0.1, 0.15) is 0 Å². The molecule has 0 spiro atoms. The van der Waals surface area contributed by atoms with Crippen LogP contribution in [-0.4, -0.2) is 35.7 Å². The first-order valence-electron chi connectivity index (χ1n) is 8.75. The molecule has 0 aromatic heterocycles. The maximum Gasteiger partial charge on any atom is 0.241 e. The van der Waals surface area contributed by atoms with E-state index in [-0.39, 0.29) is 17.7 Å². The Labute approximate surface area is 148 Å². The van der Waals surface area contributed by atoms with Crippen LogP contribution < -0.4 is 5.32 Å². The molecule has 4 heteroatoms. The van der Waals surface area contributed by atoms with Gasteiger partial charge in [0.2, 0.25) is 5.91 Å². The number of anilines is 1. The Morgan fingerprint density at radius 2 is 1.76 bits per heavy atom. The van der Waals surface area contributed by atoms with Crippen LogP contribution in [0.4, 0.5) is 5.69 Å². The number of likely N-dealkylation sites (tertiary alicyclic amines) is 1. The molecule has 1 fully saturated rings. The minimum atomic E-state index is -0.179. The lowest BCUT2D eigenvalue weighted by molar-refractivity contribution is -0.120. The number of rotatable bonds is 5. The van der Waals surface area contributed by atoms with Gasteiger partial charge in [0.15, 0.2) is 5.78 Å². The molecule has 1 saturated heterocycles. The van der Waals surface area contributed by atoms with Gasteiger partial charge in [-0.15, -0.1) is 0 Å². The van der Waals surface area contributed by atoms with Gasteiger partial charge in [-0.2, -0.15) is 0 Å². The molecule has 2 aromatic carbocycles. The summed E-state index contributed by atoms with van der Waals surface area (Å²) >= 11 is 0. The third-order valence-electron chi connectivity index (χ3n) is 4.98. The van der Waals surface area contributed by atoms with Gasteiger partial charge in [-0.1, -0.05) is 30.3 Å². The predicted octanol–water partition coefficient (Wildman–Crippen LogP) is 3.71. The van der Waals surface area contributed by atoms with Gasteiger partial charge in [0, 0.05) is 17.8 Å². The molecular formula is C21H24N2O2. The fraction of sp³-hybridized carbons (Fsp3) is 0.333. The lowest BCUT2D eigenvalue weighted by atomic mass is 9.99. The van der Waals surface area contributed by atoms with Crippen molar-refractivity contribution in [1.82, 2.24) is 4.90 Å². The maximum atomic E-state index is 12.5. The molecule has 2 atom stereocenters. The minimum Gasteiger partial charge on any atom is -0.325 e. The molecule has 0 radical (unpaired) electrons. The maximum absolute atomic E-state index is 12.5. The van der Waals surface area contributed by atoms with E-state index in [1.165, 1.54) is 12.5 Å². The summed E-state index contributed by atoms with van der Waals surface area (Å²) in [6, 6.07) is 17.3. The molecule has 0 unspecified atom stereocenters. The van der Waals surface area contributed by atoms with Gasteiger partial charge in [-0.25, -0.2) is 0 Å². The molecule has 1 aliphatic rings. The van der Waals surface area contributed by atoms with Crippen molar-refractivity contribution in [2.24, 2.45) is 0 Å². The Bertz CT molecular complexity index is 740. The second-order valence-electron chi connectivity index (χ2n) is 6.69. The van der Waals surface area contributed by atoms with Gasteiger partial charge in [-0.3, -0.25) is 14.5 Å². The summed E-state index contributed by atoms with van der Waals surface area (Å²) in [5, 5.41) is 2.95. The van der Waals surface area contributed by atoms with Crippen LogP contribution in [0.1, 0.15) is 42.1 Å². The number of nitrogens with zero attached hydrogens (tertiary/aromatic N) is 1. The number of benzene rings is 2. The second kappa shape index (κ2) is 7.62. The molecule has 1 heterocycles. The monoisotopic (exact) mass is 336 g/mol. The highest BCUT2D eigenvalue weighted by molar-refractivity contribution is 5.97. The number of hydrogen-bond donors (Lipinski definition) is 1. The molecule has 2 aromatic rings. The van der Waals surface area contributed by atoms with Crippen molar-refractivity contribution in [2.75, 3.05) is 18.4 Å². The fourth-order valence-electron chi connectivity index (χ4n) is 3.34. The van der Waals surface area contributed by atoms with Crippen LogP contribution >= 0.6 is 0 Å². The second-order valence-corrected chi connectivity index (χ2v) is 6.69. The van der Waals surface area contributed by atoms with E-state index < -0.39 is 0 Å². The highest BCUT2D eigenvalue weighted by atomic mass is 16.2. The Morgan fingerprint density at radius 1 is 1.08 bits per heavy atom. The first kappa shape index (κ1) is 17.4. The van der Waals surface area contributed by atoms with Gasteiger partial charge >= 0.3 is 0 Å². The van der Waals surface area contributed by atoms with Crippen LogP contribution in [0, 0.1) is 0 Å². The highest BCUT2D eigenvalue weighted by Crippen LogP contribution is 2.28. The summed E-state index contributed by atoms with van der Waals surface area (Å²) < 4.78 is 0. The van der Waals surface area contributed by atoms with Crippen molar-refractivity contribution < 1.29 is 9.59 Å². The first-order chi connectivity index (χ1) is 12.0. The average Bonchev–Trinajstić information content (AvgIpc) is 3.12. The topological polar surface area (TPSA) is 49.4 Å². The molecule has 1 amide bonds. The quantitative estimate of drug-likeness (QED) is 0.847. The van der Waals surface area contributed by atoms with Crippen LogP contribution in [0.5, 0.6) is 0 Å². The van der Waals surface area contributed by atoms with Crippen LogP contribution in [-0.2, 0) is 4.79 Å². The summed E-state index contributed by atoms with van der Waals surface area (Å²) in [5.74, 6) is 0.505. The largest absolute Gasteiger partial charge is 0.325 e. The molecule has 0 bridgehead atoms. The number of carbonyl (C=O) groups excluding carboxylic acids is 2. The lowest BCUT2D eigenvalue weighted by Crippen LogP contribution is -2.40. The summed E-state index contributed by atoms with van der Waals surface area (Å²) in [6.45, 7) is 5.32. The third-order valence-corrected chi connectivity index (χ3v) is 4.98. The van der Waals surface area contributed by atoms with Crippen LogP contribution in [0.25, 0.3) is 0 Å². The average molecular weight is 336 g/mol. The number of nitrogens with one attached hydrogen (secondary N) is 1. The zero-order valence-electron chi connectivity index (χ0n) is 14.7. The number of hydrogen-bond acceptors (Lipinski definition) is 3. The van der Waals surface area contributed by atoms with Crippen molar-refractivity contribution in [3.05, 3.63) is 65.7 Å². The van der Waals surface area contributed by atoms with E-state index >= 15 is 0 Å². The van der Waals surface area contributed by atoms with Gasteiger partial charge in [-0.05, 0) is 62.6 Å². The molecule has 0 aliphatic carbocycles. The van der Waals surface area contributed by atoms with E-state index in [0.29, 0.717) is 11.5 Å². The van der Waals surface area contributed by atoms with Crippen molar-refractivity contribution >= 4 is 17.4 Å². The van der Waals surface area contributed by atoms with Gasteiger partial charge < -0.3 is 5.32 Å². The smallest absolute Gasteiger partial charge is 0.241 e. The zero-order valence-corrected chi connectivity index (χ0v) is 14.7. The number of amides is 1. The Kier molecular flexibility index (Phi) is 5.29. The zero-order chi connectivity index (χ0) is 17.8. The van der Waals surface area contributed by atoms with E-state index in [1.54, 1.807) is 24.3 Å². The first-order valence-corrected chi connectivity index (χ1v) is 8.75. The van der Waals surface area contributed by atoms with Crippen molar-refractivity contribution in [3.63, 3.8) is 0 Å². The van der Waals surface area contributed by atoms with Crippen molar-refractivity contribution in [3.8, 4) is 0 Å². The highest BCUT2D eigenvalue weighted by Gasteiger charge is 2.30. The molecule has 1 aliphatic heterocycles. The van der Waals surface area contributed by atoms with Crippen LogP contribution in [0.2, 0.25) is 0 Å². The van der Waals surface area contributed by atoms with Gasteiger partial charge in [0.05, 0.1) is 6.04 Å². The molecule has 1 N–H and O–H groups in total. The lowest BCUT2D eigenvalue weighted by Gasteiger charge is -2.23. The van der Waals surface area contributed by atoms with Crippen molar-refractivity contribution in [1.29, 1.82) is 0 Å². The summed E-state index contributed by atoms with van der Waals surface area (Å²) in [5.41, 5.74) is 2.72. The molecule has 130 valence electrons. The normalized spacial score (nSPS) is 18.7. The number of carbonyl (C=O) groups is 2. The van der Waals surface area contributed by atoms with E-state index in [1.807, 2.05) is 13.0 Å². The summed E-state index contributed by atoms with van der Waals surface area (Å²) in [6.07, 6.45) is 1.08.